The Kier molecular flexibility index (Phi) is 1.40. The van der Waals surface area contributed by atoms with Crippen LogP contribution < -0.4 is 0 Å². The van der Waals surface area contributed by atoms with Crippen molar-refractivity contribution in [2.75, 3.05) is 0 Å². The first-order chi connectivity index (χ1) is 4.11. The smallest absolute Gasteiger partial charge is 0.309 e. The zero-order valence-electron chi connectivity index (χ0n) is 4.30. The summed E-state index contributed by atoms with van der Waals surface area (Å²) < 4.78 is 10.3. The highest BCUT2D eigenvalue weighted by Crippen LogP contribution is 2.49. The van der Waals surface area contributed by atoms with Gasteiger partial charge >= 0.3 is 13.5 Å². The summed E-state index contributed by atoms with van der Waals surface area (Å²) in [6, 6.07) is 0. The van der Waals surface area contributed by atoms with Crippen LogP contribution in [-0.4, -0.2) is 22.2 Å². The van der Waals surface area contributed by atoms with Crippen LogP contribution in [0.15, 0.2) is 9.98 Å². The highest BCUT2D eigenvalue weighted by molar-refractivity contribution is 7.55. The Bertz CT molecular complexity index is 193. The van der Waals surface area contributed by atoms with Crippen LogP contribution in [0.25, 0.3) is 0 Å². The van der Waals surface area contributed by atoms with Gasteiger partial charge in [-0.25, -0.2) is 4.57 Å². The van der Waals surface area contributed by atoms with Crippen molar-refractivity contribution in [1.82, 2.24) is 0 Å². The molecule has 1 heterocycles. The molecule has 0 atom stereocenters. The number of rotatable bonds is 1. The molecule has 0 radical (unpaired) electrons. The molecule has 5 nitrogen and oxygen atoms in total. The molecule has 1 aliphatic rings. The summed E-state index contributed by atoms with van der Waals surface area (Å²) >= 11 is 0. The lowest BCUT2D eigenvalue weighted by molar-refractivity contribution is 0.373. The molecule has 0 aromatic carbocycles. The van der Waals surface area contributed by atoms with Gasteiger partial charge in [0.15, 0.2) is 12.4 Å². The van der Waals surface area contributed by atoms with Gasteiger partial charge in [-0.05, 0) is 0 Å². The van der Waals surface area contributed by atoms with Crippen molar-refractivity contribution in [2.24, 2.45) is 9.98 Å². The van der Waals surface area contributed by atoms with E-state index in [1.54, 1.807) is 0 Å². The van der Waals surface area contributed by atoms with Gasteiger partial charge in [0.1, 0.15) is 0 Å². The van der Waals surface area contributed by atoms with E-state index in [-0.39, 0.29) is 0 Å². The molecule has 0 saturated heterocycles. The van der Waals surface area contributed by atoms with Crippen LogP contribution in [-0.2, 0) is 4.57 Å². The highest BCUT2D eigenvalue weighted by Gasteiger charge is 2.37. The number of hydrogen-bond acceptors (Lipinski definition) is 3. The van der Waals surface area contributed by atoms with Crippen molar-refractivity contribution in [2.45, 2.75) is 0 Å². The van der Waals surface area contributed by atoms with Crippen LogP contribution >= 0.6 is 7.60 Å². The molecular formula is C3H4N2O3P+. The highest BCUT2D eigenvalue weighted by atomic mass is 31.2. The lowest BCUT2D eigenvalue weighted by atomic mass is 10.9. The summed E-state index contributed by atoms with van der Waals surface area (Å²) in [5.74, 6) is -0.414. The largest absolute Gasteiger partial charge is 0.450 e. The first-order valence-corrected chi connectivity index (χ1v) is 3.72. The lowest BCUT2D eigenvalue weighted by Crippen LogP contribution is -1.86. The summed E-state index contributed by atoms with van der Waals surface area (Å²) in [4.78, 5) is 23.4. The number of nitrogens with zero attached hydrogens (tertiary/aromatic N) is 2. The second-order valence-corrected chi connectivity index (χ2v) is 2.89. The monoisotopic (exact) mass is 147 g/mol. The maximum Gasteiger partial charge on any atom is 0.450 e. The second-order valence-electron chi connectivity index (χ2n) is 1.40. The van der Waals surface area contributed by atoms with E-state index in [9.17, 15) is 4.57 Å². The van der Waals surface area contributed by atoms with Gasteiger partial charge in [0.05, 0.1) is 0 Å². The van der Waals surface area contributed by atoms with Gasteiger partial charge in [-0.1, -0.05) is 9.98 Å². The third-order valence-electron chi connectivity index (χ3n) is 0.707. The molecule has 0 saturated carbocycles. The summed E-state index contributed by atoms with van der Waals surface area (Å²) in [5.41, 5.74) is 0. The van der Waals surface area contributed by atoms with Crippen LogP contribution in [0.4, 0.5) is 0 Å². The van der Waals surface area contributed by atoms with Gasteiger partial charge in [-0.15, -0.1) is 0 Å². The minimum Gasteiger partial charge on any atom is -0.309 e. The molecule has 0 bridgehead atoms. The molecule has 0 amide bonds. The van der Waals surface area contributed by atoms with E-state index in [0.29, 0.717) is 0 Å². The van der Waals surface area contributed by atoms with Crippen LogP contribution in [0, 0.1) is 5.91 Å². The Balaban J connectivity index is 2.76. The van der Waals surface area contributed by atoms with Gasteiger partial charge < -0.3 is 9.79 Å². The van der Waals surface area contributed by atoms with Crippen molar-refractivity contribution in [1.29, 1.82) is 0 Å². The molecule has 0 aliphatic carbocycles. The molecule has 0 aromatic rings. The van der Waals surface area contributed by atoms with Gasteiger partial charge in [-0.2, -0.15) is 0 Å². The zero-order valence-corrected chi connectivity index (χ0v) is 5.19. The predicted molar refractivity (Wildman–Crippen MR) is 32.3 cm³/mol. The van der Waals surface area contributed by atoms with E-state index >= 15 is 0 Å². The lowest BCUT2D eigenvalue weighted by Gasteiger charge is -1.95. The van der Waals surface area contributed by atoms with Crippen molar-refractivity contribution in [3.63, 3.8) is 0 Å². The molecule has 0 fully saturated rings. The third kappa shape index (κ3) is 1.38. The van der Waals surface area contributed by atoms with E-state index in [4.69, 9.17) is 9.79 Å². The van der Waals surface area contributed by atoms with E-state index < -0.39 is 13.5 Å². The van der Waals surface area contributed by atoms with Crippen molar-refractivity contribution in [3.8, 4) is 0 Å². The summed E-state index contributed by atoms with van der Waals surface area (Å²) in [6.07, 6.45) is 2.46. The normalized spacial score (nSPS) is 17.3. The first kappa shape index (κ1) is 6.48. The van der Waals surface area contributed by atoms with Gasteiger partial charge in [0.25, 0.3) is 0 Å². The van der Waals surface area contributed by atoms with E-state index in [1.807, 2.05) is 0 Å². The molecule has 9 heavy (non-hydrogen) atoms. The van der Waals surface area contributed by atoms with Crippen LogP contribution in [0.3, 0.4) is 0 Å². The van der Waals surface area contributed by atoms with Crippen LogP contribution in [0.5, 0.6) is 0 Å². The number of aliphatic imine (C=N–C) groups is 2. The Morgan fingerprint density at radius 3 is 2.00 bits per heavy atom. The quantitative estimate of drug-likeness (QED) is 0.396. The molecule has 2 N–H and O–H groups in total. The molecule has 1 aliphatic heterocycles. The van der Waals surface area contributed by atoms with Gasteiger partial charge in [0.2, 0.25) is 0 Å². The standard InChI is InChI=1S/C3H3N2O3P/c6-9(7,8)3-4-1-2-5-3/h1-2H,(H-,6,7,8)/p+1. The predicted octanol–water partition coefficient (Wildman–Crippen LogP) is -0.234. The van der Waals surface area contributed by atoms with E-state index in [2.05, 4.69) is 9.98 Å². The average Bonchev–Trinajstić information content (AvgIpc) is 2.08. The van der Waals surface area contributed by atoms with E-state index in [1.165, 1.54) is 12.4 Å². The molecule has 0 unspecified atom stereocenters. The molecule has 0 spiro atoms. The SMILES string of the molecule is O=P(O)(O)[C+]1N=CC=N1. The van der Waals surface area contributed by atoms with Gasteiger partial charge in [-0.3, -0.25) is 0 Å². The Labute approximate surface area is 51.3 Å². The fraction of sp³-hybridized carbons (Fsp3) is 0. The molecule has 6 heteroatoms. The Morgan fingerprint density at radius 2 is 1.78 bits per heavy atom. The average molecular weight is 147 g/mol. The second kappa shape index (κ2) is 1.95. The topological polar surface area (TPSA) is 82.2 Å². The molecule has 1 rings (SSSR count). The minimum absolute atomic E-state index is 0.414. The molecule has 0 aromatic heterocycles. The molecular weight excluding hydrogens is 143 g/mol. The van der Waals surface area contributed by atoms with E-state index in [0.717, 1.165) is 0 Å². The summed E-state index contributed by atoms with van der Waals surface area (Å²) in [7, 11) is -4.19. The van der Waals surface area contributed by atoms with Crippen molar-refractivity contribution >= 4 is 20.0 Å². The van der Waals surface area contributed by atoms with Crippen molar-refractivity contribution in [3.05, 3.63) is 5.91 Å². The Morgan fingerprint density at radius 1 is 1.33 bits per heavy atom. The maximum absolute atomic E-state index is 10.3. The minimum atomic E-state index is -4.19. The number of hydrogen-bond donors (Lipinski definition) is 2. The summed E-state index contributed by atoms with van der Waals surface area (Å²) in [5, 5.41) is 0. The third-order valence-corrected chi connectivity index (χ3v) is 1.46. The maximum atomic E-state index is 10.3. The fourth-order valence-corrected chi connectivity index (χ4v) is 0.818. The molecule has 48 valence electrons. The fourth-order valence-electron chi connectivity index (χ4n) is 0.384. The van der Waals surface area contributed by atoms with Gasteiger partial charge in [0, 0.05) is 0 Å². The summed E-state index contributed by atoms with van der Waals surface area (Å²) in [6.45, 7) is 0. The zero-order chi connectivity index (χ0) is 6.91. The van der Waals surface area contributed by atoms with Crippen LogP contribution in [0.1, 0.15) is 0 Å². The van der Waals surface area contributed by atoms with Crippen molar-refractivity contribution < 1.29 is 14.4 Å². The van der Waals surface area contributed by atoms with Crippen LogP contribution in [0.2, 0.25) is 0 Å². The Hall–Kier alpha value is -0.640. The first-order valence-electron chi connectivity index (χ1n) is 2.10.